The van der Waals surface area contributed by atoms with Crippen molar-refractivity contribution < 1.29 is 33.4 Å². The summed E-state index contributed by atoms with van der Waals surface area (Å²) in [7, 11) is 1.28. The number of carbonyl (C=O) groups excluding carboxylic acids is 4. The van der Waals surface area contributed by atoms with Gasteiger partial charge < -0.3 is 44.5 Å². The van der Waals surface area contributed by atoms with Crippen LogP contribution in [0.2, 0.25) is 0 Å². The first-order valence-electron chi connectivity index (χ1n) is 20.3. The van der Waals surface area contributed by atoms with Gasteiger partial charge in [0.2, 0.25) is 5.91 Å². The minimum Gasteiger partial charge on any atom is -0.493 e. The number of amides is 4. The van der Waals surface area contributed by atoms with Gasteiger partial charge in [-0.3, -0.25) is 9.59 Å². The zero-order valence-electron chi connectivity index (χ0n) is 35.2. The molecular formula is C44H56N8O7. The number of aromatic amines is 1. The summed E-state index contributed by atoms with van der Waals surface area (Å²) in [5.41, 5.74) is 3.89. The van der Waals surface area contributed by atoms with Gasteiger partial charge in [0.1, 0.15) is 29.0 Å². The zero-order valence-corrected chi connectivity index (χ0v) is 35.2. The lowest BCUT2D eigenvalue weighted by Crippen LogP contribution is -2.54. The Morgan fingerprint density at radius 3 is 2.37 bits per heavy atom. The van der Waals surface area contributed by atoms with Crippen LogP contribution >= 0.6 is 0 Å². The monoisotopic (exact) mass is 808 g/mol. The van der Waals surface area contributed by atoms with Crippen LogP contribution in [-0.4, -0.2) is 106 Å². The number of H-pyrrole nitrogens is 1. The number of hydrogen-bond acceptors (Lipinski definition) is 10. The molecule has 0 radical (unpaired) electrons. The van der Waals surface area contributed by atoms with Crippen LogP contribution in [0.5, 0.6) is 5.75 Å². The second-order valence-corrected chi connectivity index (χ2v) is 16.3. The molecule has 3 N–H and O–H groups in total. The fraction of sp³-hybridized carbons (Fsp3) is 0.455. The molecule has 15 nitrogen and oxygen atoms in total. The van der Waals surface area contributed by atoms with E-state index in [1.165, 1.54) is 7.11 Å². The Morgan fingerprint density at radius 2 is 1.73 bits per heavy atom. The van der Waals surface area contributed by atoms with Crippen LogP contribution in [-0.2, 0) is 14.3 Å². The Bertz CT molecular complexity index is 2110. The molecule has 4 heterocycles. The van der Waals surface area contributed by atoms with Crippen molar-refractivity contribution in [3.05, 3.63) is 78.4 Å². The number of alkyl carbamates (subject to hydrolysis) is 1. The molecule has 6 rings (SSSR count). The molecule has 314 valence electrons. The quantitative estimate of drug-likeness (QED) is 0.140. The van der Waals surface area contributed by atoms with Gasteiger partial charge in [-0.2, -0.15) is 0 Å². The van der Waals surface area contributed by atoms with Gasteiger partial charge >= 0.3 is 12.2 Å². The molecule has 2 aromatic carbocycles. The summed E-state index contributed by atoms with van der Waals surface area (Å²) in [6, 6.07) is 16.2. The first-order chi connectivity index (χ1) is 28.1. The first kappa shape index (κ1) is 42.5. The number of hydrogen-bond donors (Lipinski definition) is 3. The number of pyridine rings is 1. The maximum absolute atomic E-state index is 13.6. The Hall–Kier alpha value is -6.12. The predicted octanol–water partition coefficient (Wildman–Crippen LogP) is 7.28. The molecule has 2 aromatic heterocycles. The van der Waals surface area contributed by atoms with E-state index in [4.69, 9.17) is 19.2 Å². The summed E-state index contributed by atoms with van der Waals surface area (Å²) in [6.07, 6.45) is 4.05. The summed E-state index contributed by atoms with van der Waals surface area (Å²) >= 11 is 0. The number of anilines is 2. The average molecular weight is 809 g/mol. The lowest BCUT2D eigenvalue weighted by Gasteiger charge is -2.40. The maximum atomic E-state index is 13.6. The number of imidazole rings is 1. The van der Waals surface area contributed by atoms with Crippen LogP contribution in [0, 0.1) is 5.92 Å². The highest BCUT2D eigenvalue weighted by atomic mass is 16.6. The molecule has 0 saturated carbocycles. The van der Waals surface area contributed by atoms with Gasteiger partial charge in [0.15, 0.2) is 0 Å². The topological polar surface area (TPSA) is 171 Å². The lowest BCUT2D eigenvalue weighted by atomic mass is 10.0. The molecule has 59 heavy (non-hydrogen) atoms. The molecule has 0 spiro atoms. The molecule has 3 atom stereocenters. The molecule has 0 bridgehead atoms. The highest BCUT2D eigenvalue weighted by Crippen LogP contribution is 2.36. The number of carbonyl (C=O) groups is 4. The van der Waals surface area contributed by atoms with E-state index in [-0.39, 0.29) is 35.9 Å². The number of ether oxygens (including phenoxy) is 3. The van der Waals surface area contributed by atoms with Gasteiger partial charge in [0.05, 0.1) is 31.0 Å². The minimum atomic E-state index is -0.704. The fourth-order valence-electron chi connectivity index (χ4n) is 7.47. The van der Waals surface area contributed by atoms with Crippen molar-refractivity contribution in [2.24, 2.45) is 5.92 Å². The Labute approximate surface area is 345 Å². The van der Waals surface area contributed by atoms with Crippen molar-refractivity contribution in [3.63, 3.8) is 0 Å². The van der Waals surface area contributed by atoms with Gasteiger partial charge in [-0.1, -0.05) is 38.1 Å². The molecule has 0 unspecified atom stereocenters. The second kappa shape index (κ2) is 18.2. The number of likely N-dealkylation sites (tertiary alicyclic amines) is 1. The zero-order chi connectivity index (χ0) is 42.4. The maximum Gasteiger partial charge on any atom is 0.410 e. The van der Waals surface area contributed by atoms with Gasteiger partial charge in [0.25, 0.3) is 5.91 Å². The minimum absolute atomic E-state index is 0.0165. The molecule has 0 aliphatic carbocycles. The van der Waals surface area contributed by atoms with E-state index in [1.807, 2.05) is 103 Å². The number of nitrogens with zero attached hydrogens (tertiary/aromatic N) is 5. The Kier molecular flexibility index (Phi) is 13.1. The third kappa shape index (κ3) is 10.1. The van der Waals surface area contributed by atoms with Crippen LogP contribution in [0.1, 0.15) is 83.5 Å². The molecule has 4 aromatic rings. The molecule has 4 amide bonds. The molecule has 15 heteroatoms. The number of rotatable bonds is 11. The number of piperazine rings is 1. The van der Waals surface area contributed by atoms with Crippen molar-refractivity contribution in [1.82, 2.24) is 30.1 Å². The second-order valence-electron chi connectivity index (χ2n) is 16.3. The van der Waals surface area contributed by atoms with Gasteiger partial charge in [-0.15, -0.1) is 0 Å². The third-order valence-corrected chi connectivity index (χ3v) is 10.5. The van der Waals surface area contributed by atoms with E-state index in [2.05, 4.69) is 25.5 Å². The number of benzene rings is 2. The van der Waals surface area contributed by atoms with E-state index in [9.17, 15) is 19.2 Å². The van der Waals surface area contributed by atoms with Crippen molar-refractivity contribution >= 4 is 35.5 Å². The molecular weight excluding hydrogens is 753 g/mol. The summed E-state index contributed by atoms with van der Waals surface area (Å²) in [5.74, 6) is 1.48. The number of aromatic nitrogens is 3. The first-order valence-corrected chi connectivity index (χ1v) is 20.3. The summed E-state index contributed by atoms with van der Waals surface area (Å²) in [5, 5.41) is 5.67. The number of methoxy groups -OCH3 is 1. The largest absolute Gasteiger partial charge is 0.493 e. The highest BCUT2D eigenvalue weighted by Gasteiger charge is 2.37. The molecule has 2 fully saturated rings. The van der Waals surface area contributed by atoms with Crippen molar-refractivity contribution in [2.45, 2.75) is 85.0 Å². The summed E-state index contributed by atoms with van der Waals surface area (Å²) in [6.45, 7) is 15.9. The van der Waals surface area contributed by atoms with Crippen LogP contribution in [0.15, 0.2) is 67.0 Å². The normalized spacial score (nSPS) is 17.4. The van der Waals surface area contributed by atoms with E-state index in [0.717, 1.165) is 41.0 Å². The molecule has 2 saturated heterocycles. The molecule has 2 aliphatic rings. The van der Waals surface area contributed by atoms with E-state index >= 15 is 0 Å². The average Bonchev–Trinajstić information content (AvgIpc) is 3.90. The van der Waals surface area contributed by atoms with Gasteiger partial charge in [-0.05, 0) is 83.2 Å². The summed E-state index contributed by atoms with van der Waals surface area (Å²) in [4.78, 5) is 69.9. The SMILES string of the molecule is CCOc1cc(NC(=O)c2ccc(N3CCN(C(=O)OC(C)(C)C)C[C@H]3C)nc2)ccc1-c1ccc(-c2c[nH]c([C@@H]3CCCN3C(=O)[C@@H](NC(=O)OC)C(C)C)n2)cc1. The highest BCUT2D eigenvalue weighted by molar-refractivity contribution is 6.04. The van der Waals surface area contributed by atoms with Crippen LogP contribution in [0.3, 0.4) is 0 Å². The summed E-state index contributed by atoms with van der Waals surface area (Å²) < 4.78 is 16.3. The van der Waals surface area contributed by atoms with Crippen LogP contribution in [0.25, 0.3) is 22.4 Å². The number of nitrogens with one attached hydrogen (secondary N) is 3. The Balaban J connectivity index is 1.09. The van der Waals surface area contributed by atoms with Crippen molar-refractivity contribution in [1.29, 1.82) is 0 Å². The van der Waals surface area contributed by atoms with E-state index in [1.54, 1.807) is 22.1 Å². The Morgan fingerprint density at radius 1 is 0.983 bits per heavy atom. The van der Waals surface area contributed by atoms with Crippen LogP contribution < -0.4 is 20.3 Å². The standard InChI is InChI=1S/C44H56N8O7/c1-9-58-36-23-32(47-40(53)31-16-19-37(45-24-31)51-22-21-50(26-28(51)4)43(56)59-44(5,6)7)17-18-33(36)29-12-14-30(15-13-29)34-25-46-39(48-34)35-11-10-20-52(35)41(54)38(27(2)3)49-42(55)57-8/h12-19,23-25,27-28,35,38H,9-11,20-22,26H2,1-8H3,(H,46,48)(H,47,53)(H,49,55)/t28-,35+,38+/m1/s1. The molecule has 2 aliphatic heterocycles. The van der Waals surface area contributed by atoms with Crippen molar-refractivity contribution in [2.75, 3.05) is 50.1 Å². The van der Waals surface area contributed by atoms with Gasteiger partial charge in [-0.25, -0.2) is 19.6 Å². The fourth-order valence-corrected chi connectivity index (χ4v) is 7.47. The lowest BCUT2D eigenvalue weighted by molar-refractivity contribution is -0.135. The van der Waals surface area contributed by atoms with Crippen molar-refractivity contribution in [3.8, 4) is 28.1 Å². The van der Waals surface area contributed by atoms with Crippen LogP contribution in [0.4, 0.5) is 21.1 Å². The van der Waals surface area contributed by atoms with Gasteiger partial charge in [0, 0.05) is 67.5 Å². The predicted molar refractivity (Wildman–Crippen MR) is 225 cm³/mol. The third-order valence-electron chi connectivity index (χ3n) is 10.5. The smallest absolute Gasteiger partial charge is 0.410 e. The van der Waals surface area contributed by atoms with E-state index < -0.39 is 17.7 Å². The van der Waals surface area contributed by atoms with E-state index in [0.29, 0.717) is 55.6 Å².